The first-order valence-corrected chi connectivity index (χ1v) is 6.76. The van der Waals surface area contributed by atoms with Gasteiger partial charge >= 0.3 is 0 Å². The van der Waals surface area contributed by atoms with Crippen molar-refractivity contribution in [3.05, 3.63) is 56.5 Å². The van der Waals surface area contributed by atoms with Gasteiger partial charge in [0.1, 0.15) is 11.5 Å². The van der Waals surface area contributed by atoms with Crippen molar-refractivity contribution in [2.75, 3.05) is 0 Å². The van der Waals surface area contributed by atoms with E-state index in [0.717, 1.165) is 11.1 Å². The molecule has 0 unspecified atom stereocenters. The van der Waals surface area contributed by atoms with Crippen LogP contribution in [0, 0.1) is 6.92 Å². The normalized spacial score (nSPS) is 10.6. The van der Waals surface area contributed by atoms with Gasteiger partial charge in [-0.15, -0.1) is 0 Å². The first kappa shape index (κ1) is 14.5. The topological polar surface area (TPSA) is 35.2 Å². The van der Waals surface area contributed by atoms with Gasteiger partial charge in [0, 0.05) is 18.2 Å². The van der Waals surface area contributed by atoms with Crippen molar-refractivity contribution in [3.8, 4) is 11.5 Å². The minimum absolute atomic E-state index is 0.385. The van der Waals surface area contributed by atoms with Crippen LogP contribution in [0.3, 0.4) is 0 Å². The largest absolute Gasteiger partial charge is 0.455 e. The lowest BCUT2D eigenvalue weighted by molar-refractivity contribution is 0.476. The predicted molar refractivity (Wildman–Crippen MR) is 80.6 cm³/mol. The SMILES string of the molecule is Cc1ccc(Oc2cc(Cl)c(Cl)cc2Cl)c(CN)c1. The number of ether oxygens (including phenoxy) is 1. The molecule has 2 rings (SSSR count). The molecule has 0 aliphatic carbocycles. The fraction of sp³-hybridized carbons (Fsp3) is 0.143. The second-order valence-corrected chi connectivity index (χ2v) is 5.34. The molecule has 19 heavy (non-hydrogen) atoms. The third-order valence-electron chi connectivity index (χ3n) is 2.63. The zero-order valence-corrected chi connectivity index (χ0v) is 12.5. The summed E-state index contributed by atoms with van der Waals surface area (Å²) >= 11 is 17.9. The average Bonchev–Trinajstić information content (AvgIpc) is 2.37. The van der Waals surface area contributed by atoms with Gasteiger partial charge in [-0.05, 0) is 19.1 Å². The molecule has 0 fully saturated rings. The molecular weight excluding hydrogens is 305 g/mol. The molecule has 0 radical (unpaired) electrons. The monoisotopic (exact) mass is 315 g/mol. The maximum Gasteiger partial charge on any atom is 0.147 e. The van der Waals surface area contributed by atoms with E-state index in [1.165, 1.54) is 0 Å². The maximum atomic E-state index is 6.08. The number of aryl methyl sites for hydroxylation is 1. The van der Waals surface area contributed by atoms with Crippen LogP contribution in [0.1, 0.15) is 11.1 Å². The van der Waals surface area contributed by atoms with E-state index in [2.05, 4.69) is 0 Å². The molecule has 0 atom stereocenters. The molecule has 2 N–H and O–H groups in total. The summed E-state index contributed by atoms with van der Waals surface area (Å²) in [6.07, 6.45) is 0. The quantitative estimate of drug-likeness (QED) is 0.789. The Bertz CT molecular complexity index is 614. The molecule has 5 heteroatoms. The molecule has 0 bridgehead atoms. The van der Waals surface area contributed by atoms with Crippen molar-refractivity contribution in [2.24, 2.45) is 5.73 Å². The standard InChI is InChI=1S/C14H12Cl3NO/c1-8-2-3-13(9(4-8)7-18)19-14-6-11(16)10(15)5-12(14)17/h2-6H,7,18H2,1H3. The Morgan fingerprint density at radius 1 is 0.947 bits per heavy atom. The zero-order chi connectivity index (χ0) is 14.0. The number of nitrogens with two attached hydrogens (primary N) is 1. The van der Waals surface area contributed by atoms with E-state index in [0.29, 0.717) is 33.1 Å². The number of benzene rings is 2. The van der Waals surface area contributed by atoms with Crippen LogP contribution < -0.4 is 10.5 Å². The van der Waals surface area contributed by atoms with E-state index in [4.69, 9.17) is 45.3 Å². The molecule has 0 heterocycles. The molecule has 0 amide bonds. The Hall–Kier alpha value is -0.930. The lowest BCUT2D eigenvalue weighted by atomic mass is 10.1. The molecule has 0 saturated heterocycles. The Morgan fingerprint density at radius 3 is 2.32 bits per heavy atom. The van der Waals surface area contributed by atoms with Crippen LogP contribution in [0.15, 0.2) is 30.3 Å². The minimum atomic E-state index is 0.385. The second-order valence-electron chi connectivity index (χ2n) is 4.11. The molecule has 0 aliphatic heterocycles. The second kappa shape index (κ2) is 6.02. The van der Waals surface area contributed by atoms with Crippen LogP contribution in [-0.2, 0) is 6.54 Å². The highest BCUT2D eigenvalue weighted by molar-refractivity contribution is 6.43. The van der Waals surface area contributed by atoms with Gasteiger partial charge in [0.15, 0.2) is 0 Å². The summed E-state index contributed by atoms with van der Waals surface area (Å²) in [5.41, 5.74) is 7.73. The molecule has 0 saturated carbocycles. The van der Waals surface area contributed by atoms with Gasteiger partial charge in [-0.3, -0.25) is 0 Å². The highest BCUT2D eigenvalue weighted by Crippen LogP contribution is 2.37. The summed E-state index contributed by atoms with van der Waals surface area (Å²) in [5, 5.41) is 1.18. The van der Waals surface area contributed by atoms with Gasteiger partial charge in [-0.1, -0.05) is 52.5 Å². The van der Waals surface area contributed by atoms with Crippen LogP contribution in [0.5, 0.6) is 11.5 Å². The van der Waals surface area contributed by atoms with Gasteiger partial charge in [-0.25, -0.2) is 0 Å². The summed E-state index contributed by atoms with van der Waals surface area (Å²) in [4.78, 5) is 0. The summed E-state index contributed by atoms with van der Waals surface area (Å²) < 4.78 is 5.77. The zero-order valence-electron chi connectivity index (χ0n) is 10.2. The van der Waals surface area contributed by atoms with Crippen LogP contribution in [0.25, 0.3) is 0 Å². The Morgan fingerprint density at radius 2 is 1.63 bits per heavy atom. The lowest BCUT2D eigenvalue weighted by Gasteiger charge is -2.12. The molecule has 0 aliphatic rings. The third kappa shape index (κ3) is 3.34. The fourth-order valence-corrected chi connectivity index (χ4v) is 2.24. The fourth-order valence-electron chi connectivity index (χ4n) is 1.67. The maximum absolute atomic E-state index is 6.08. The van der Waals surface area contributed by atoms with Gasteiger partial charge in [-0.2, -0.15) is 0 Å². The van der Waals surface area contributed by atoms with E-state index in [1.54, 1.807) is 12.1 Å². The average molecular weight is 317 g/mol. The summed E-state index contributed by atoms with van der Waals surface area (Å²) in [7, 11) is 0. The molecular formula is C14H12Cl3NO. The van der Waals surface area contributed by atoms with Crippen molar-refractivity contribution in [1.29, 1.82) is 0 Å². The highest BCUT2D eigenvalue weighted by Gasteiger charge is 2.10. The van der Waals surface area contributed by atoms with Crippen molar-refractivity contribution >= 4 is 34.8 Å². The number of hydrogen-bond acceptors (Lipinski definition) is 2. The molecule has 2 aromatic carbocycles. The first-order valence-electron chi connectivity index (χ1n) is 5.63. The number of hydrogen-bond donors (Lipinski definition) is 1. The van der Waals surface area contributed by atoms with Gasteiger partial charge in [0.25, 0.3) is 0 Å². The lowest BCUT2D eigenvalue weighted by Crippen LogP contribution is -2.00. The highest BCUT2D eigenvalue weighted by atomic mass is 35.5. The van der Waals surface area contributed by atoms with Crippen LogP contribution in [-0.4, -0.2) is 0 Å². The van der Waals surface area contributed by atoms with Crippen molar-refractivity contribution in [2.45, 2.75) is 13.5 Å². The molecule has 2 nitrogen and oxygen atoms in total. The van der Waals surface area contributed by atoms with Crippen molar-refractivity contribution in [3.63, 3.8) is 0 Å². The van der Waals surface area contributed by atoms with Crippen LogP contribution in [0.2, 0.25) is 15.1 Å². The van der Waals surface area contributed by atoms with Gasteiger partial charge < -0.3 is 10.5 Å². The number of halogens is 3. The summed E-state index contributed by atoms with van der Waals surface area (Å²) in [6, 6.07) is 8.92. The Labute approximate surface area is 127 Å². The van der Waals surface area contributed by atoms with Gasteiger partial charge in [0.2, 0.25) is 0 Å². The molecule has 0 spiro atoms. The minimum Gasteiger partial charge on any atom is -0.455 e. The third-order valence-corrected chi connectivity index (χ3v) is 3.65. The van der Waals surface area contributed by atoms with Crippen molar-refractivity contribution < 1.29 is 4.74 Å². The van der Waals surface area contributed by atoms with Gasteiger partial charge in [0.05, 0.1) is 15.1 Å². The van der Waals surface area contributed by atoms with E-state index in [1.807, 2.05) is 25.1 Å². The van der Waals surface area contributed by atoms with E-state index in [-0.39, 0.29) is 0 Å². The Balaban J connectivity index is 2.39. The molecule has 2 aromatic rings. The molecule has 0 aromatic heterocycles. The predicted octanol–water partition coefficient (Wildman–Crippen LogP) is 5.21. The van der Waals surface area contributed by atoms with Crippen molar-refractivity contribution in [1.82, 2.24) is 0 Å². The summed E-state index contributed by atoms with van der Waals surface area (Å²) in [6.45, 7) is 2.38. The van der Waals surface area contributed by atoms with E-state index in [9.17, 15) is 0 Å². The van der Waals surface area contributed by atoms with Crippen LogP contribution >= 0.6 is 34.8 Å². The summed E-state index contributed by atoms with van der Waals surface area (Å²) in [5.74, 6) is 1.11. The Kier molecular flexibility index (Phi) is 4.58. The van der Waals surface area contributed by atoms with E-state index >= 15 is 0 Å². The first-order chi connectivity index (χ1) is 9.01. The number of rotatable bonds is 3. The van der Waals surface area contributed by atoms with E-state index < -0.39 is 0 Å². The van der Waals surface area contributed by atoms with Crippen LogP contribution in [0.4, 0.5) is 0 Å². The smallest absolute Gasteiger partial charge is 0.147 e. The molecule has 100 valence electrons.